The van der Waals surface area contributed by atoms with Crippen LogP contribution in [0.2, 0.25) is 5.02 Å². The van der Waals surface area contributed by atoms with Crippen molar-refractivity contribution in [2.45, 2.75) is 27.6 Å². The summed E-state index contributed by atoms with van der Waals surface area (Å²) in [5, 5.41) is 7.89. The molecule has 10 nitrogen and oxygen atoms in total. The Kier molecular flexibility index (Phi) is 7.31. The predicted octanol–water partition coefficient (Wildman–Crippen LogP) is 3.65. The van der Waals surface area contributed by atoms with E-state index in [2.05, 4.69) is 5.32 Å². The van der Waals surface area contributed by atoms with Crippen LogP contribution in [0.1, 0.15) is 16.4 Å². The van der Waals surface area contributed by atoms with Crippen LogP contribution in [0.5, 0.6) is 0 Å². The zero-order valence-corrected chi connectivity index (χ0v) is 24.7. The van der Waals surface area contributed by atoms with Crippen molar-refractivity contribution in [2.24, 2.45) is 11.1 Å². The highest BCUT2D eigenvalue weighted by molar-refractivity contribution is 8.00. The maximum absolute atomic E-state index is 13.9. The minimum absolute atomic E-state index is 0.107. The molecule has 214 valence electrons. The SMILES string of the molecule is NS(=O)(=O)c1ccc(NC(=O)Cn2c3c(sc2=O)[C@H](c2ccccc2)C2C(=O)N(c4ccc(Cl)cc4)C(=O)C2S3)cc1. The summed E-state index contributed by atoms with van der Waals surface area (Å²) in [5.41, 5.74) is 1.50. The van der Waals surface area contributed by atoms with E-state index in [-0.39, 0.29) is 17.3 Å². The van der Waals surface area contributed by atoms with Crippen LogP contribution in [0.25, 0.3) is 0 Å². The number of hydrogen-bond acceptors (Lipinski definition) is 8. The van der Waals surface area contributed by atoms with Gasteiger partial charge in [-0.3, -0.25) is 23.7 Å². The molecule has 0 spiro atoms. The highest BCUT2D eigenvalue weighted by Crippen LogP contribution is 2.53. The first-order valence-electron chi connectivity index (χ1n) is 12.5. The van der Waals surface area contributed by atoms with Gasteiger partial charge in [-0.25, -0.2) is 18.5 Å². The zero-order chi connectivity index (χ0) is 29.8. The molecule has 6 rings (SSSR count). The number of fused-ring (bicyclic) bond motifs is 2. The average Bonchev–Trinajstić information content (AvgIpc) is 3.40. The van der Waals surface area contributed by atoms with Crippen LogP contribution in [0.4, 0.5) is 11.4 Å². The Morgan fingerprint density at radius 3 is 2.24 bits per heavy atom. The van der Waals surface area contributed by atoms with Crippen LogP contribution in [0, 0.1) is 5.92 Å². The van der Waals surface area contributed by atoms with Gasteiger partial charge in [0.1, 0.15) is 11.8 Å². The number of amides is 3. The first kappa shape index (κ1) is 28.4. The standard InChI is InChI=1S/C28H21ClN4O6S3/c29-16-6-10-18(11-7-16)33-25(35)22-21(15-4-2-1-3-5-15)24-27(40-23(22)26(33)36)32(28(37)41-24)14-20(34)31-17-8-12-19(13-9-17)42(30,38)39/h1-13,21-23H,14H2,(H,31,34)(H2,30,38,39)/t21-,22?,23?/m1/s1. The third kappa shape index (κ3) is 5.07. The molecule has 3 amide bonds. The highest BCUT2D eigenvalue weighted by Gasteiger charge is 2.56. The summed E-state index contributed by atoms with van der Waals surface area (Å²) in [4.78, 5) is 55.1. The zero-order valence-electron chi connectivity index (χ0n) is 21.5. The average molecular weight is 641 g/mol. The number of carbonyl (C=O) groups excluding carboxylic acids is 3. The largest absolute Gasteiger partial charge is 0.325 e. The predicted molar refractivity (Wildman–Crippen MR) is 160 cm³/mol. The molecule has 0 aliphatic carbocycles. The molecule has 42 heavy (non-hydrogen) atoms. The second-order valence-electron chi connectivity index (χ2n) is 9.68. The Bertz CT molecular complexity index is 1890. The molecule has 3 aromatic carbocycles. The smallest absolute Gasteiger partial charge is 0.308 e. The van der Waals surface area contributed by atoms with E-state index in [1.54, 1.807) is 24.3 Å². The van der Waals surface area contributed by atoms with Crippen molar-refractivity contribution in [3.63, 3.8) is 0 Å². The number of benzene rings is 3. The second-order valence-corrected chi connectivity index (χ2v) is 13.8. The fraction of sp³-hybridized carbons (Fsp3) is 0.143. The molecule has 1 aromatic heterocycles. The van der Waals surface area contributed by atoms with E-state index in [0.717, 1.165) is 28.7 Å². The molecule has 3 atom stereocenters. The van der Waals surface area contributed by atoms with Crippen LogP contribution < -0.4 is 20.2 Å². The summed E-state index contributed by atoms with van der Waals surface area (Å²) >= 11 is 8.09. The molecule has 14 heteroatoms. The van der Waals surface area contributed by atoms with Crippen molar-refractivity contribution in [3.8, 4) is 0 Å². The maximum atomic E-state index is 13.9. The lowest BCUT2D eigenvalue weighted by Crippen LogP contribution is -2.33. The van der Waals surface area contributed by atoms with Gasteiger partial charge in [0.2, 0.25) is 27.7 Å². The number of hydrogen-bond donors (Lipinski definition) is 2. The van der Waals surface area contributed by atoms with Crippen molar-refractivity contribution in [2.75, 3.05) is 10.2 Å². The molecule has 2 aliphatic rings. The Morgan fingerprint density at radius 1 is 0.929 bits per heavy atom. The molecule has 4 aromatic rings. The molecule has 3 N–H and O–H groups in total. The molecule has 3 heterocycles. The third-order valence-electron chi connectivity index (χ3n) is 7.06. The number of aromatic nitrogens is 1. The molecule has 0 bridgehead atoms. The Morgan fingerprint density at radius 2 is 1.60 bits per heavy atom. The normalized spacial score (nSPS) is 19.9. The van der Waals surface area contributed by atoms with Crippen molar-refractivity contribution in [3.05, 3.63) is 104 Å². The molecular formula is C28H21ClN4O6S3. The van der Waals surface area contributed by atoms with Crippen LogP contribution in [-0.4, -0.2) is 36.0 Å². The number of carbonyl (C=O) groups is 3. The van der Waals surface area contributed by atoms with Crippen molar-refractivity contribution >= 4 is 73.8 Å². The minimum atomic E-state index is -3.89. The number of nitrogens with two attached hydrogens (primary N) is 1. The van der Waals surface area contributed by atoms with Crippen LogP contribution in [0.3, 0.4) is 0 Å². The van der Waals surface area contributed by atoms with Gasteiger partial charge in [0, 0.05) is 21.5 Å². The number of anilines is 2. The van der Waals surface area contributed by atoms with Crippen molar-refractivity contribution in [1.82, 2.24) is 4.57 Å². The van der Waals surface area contributed by atoms with E-state index < -0.39 is 43.8 Å². The van der Waals surface area contributed by atoms with E-state index in [0.29, 0.717) is 26.3 Å². The number of nitrogens with one attached hydrogen (secondary N) is 1. The summed E-state index contributed by atoms with van der Waals surface area (Å²) < 4.78 is 24.3. The first-order chi connectivity index (χ1) is 20.0. The van der Waals surface area contributed by atoms with Crippen molar-refractivity contribution < 1.29 is 22.8 Å². The number of nitrogens with zero attached hydrogens (tertiary/aromatic N) is 2. The molecule has 0 saturated carbocycles. The minimum Gasteiger partial charge on any atom is -0.325 e. The quantitative estimate of drug-likeness (QED) is 0.306. The Labute approximate surface area is 253 Å². The maximum Gasteiger partial charge on any atom is 0.308 e. The van der Waals surface area contributed by atoms with Crippen molar-refractivity contribution in [1.29, 1.82) is 0 Å². The molecule has 0 radical (unpaired) electrons. The van der Waals surface area contributed by atoms with E-state index in [1.807, 2.05) is 30.3 Å². The lowest BCUT2D eigenvalue weighted by Gasteiger charge is -2.30. The van der Waals surface area contributed by atoms with Gasteiger partial charge < -0.3 is 5.32 Å². The van der Waals surface area contributed by atoms with Crippen LogP contribution >= 0.6 is 34.7 Å². The number of sulfonamides is 1. The Hall–Kier alpha value is -3.75. The molecule has 2 unspecified atom stereocenters. The number of thiazole rings is 1. The first-order valence-corrected chi connectivity index (χ1v) is 16.2. The third-order valence-corrected chi connectivity index (χ3v) is 10.8. The number of halogens is 1. The number of rotatable bonds is 6. The van der Waals surface area contributed by atoms with E-state index in [4.69, 9.17) is 16.7 Å². The van der Waals surface area contributed by atoms with Gasteiger partial charge in [-0.15, -0.1) is 0 Å². The van der Waals surface area contributed by atoms with Gasteiger partial charge in [-0.1, -0.05) is 65.0 Å². The molecular weight excluding hydrogens is 620 g/mol. The topological polar surface area (TPSA) is 149 Å². The van der Waals surface area contributed by atoms with Gasteiger partial charge >= 0.3 is 4.87 Å². The van der Waals surface area contributed by atoms with E-state index in [9.17, 15) is 27.6 Å². The highest BCUT2D eigenvalue weighted by atomic mass is 35.5. The molecule has 1 fully saturated rings. The summed E-state index contributed by atoms with van der Waals surface area (Å²) in [5.74, 6) is -2.64. The lowest BCUT2D eigenvalue weighted by molar-refractivity contribution is -0.122. The monoisotopic (exact) mass is 640 g/mol. The van der Waals surface area contributed by atoms with Gasteiger partial charge in [0.25, 0.3) is 0 Å². The number of primary sulfonamides is 1. The summed E-state index contributed by atoms with van der Waals surface area (Å²) in [7, 11) is -3.89. The fourth-order valence-electron chi connectivity index (χ4n) is 5.19. The summed E-state index contributed by atoms with van der Waals surface area (Å²) in [6.07, 6.45) is 0. The van der Waals surface area contributed by atoms with Gasteiger partial charge in [-0.2, -0.15) is 0 Å². The summed E-state index contributed by atoms with van der Waals surface area (Å²) in [6.45, 7) is -0.351. The Balaban J connectivity index is 1.35. The fourth-order valence-corrected chi connectivity index (χ4v) is 8.61. The van der Waals surface area contributed by atoms with Crippen LogP contribution in [-0.2, 0) is 31.0 Å². The molecule has 2 aliphatic heterocycles. The lowest BCUT2D eigenvalue weighted by atomic mass is 9.83. The van der Waals surface area contributed by atoms with Crippen LogP contribution in [0.15, 0.2) is 93.6 Å². The van der Waals surface area contributed by atoms with E-state index in [1.165, 1.54) is 33.7 Å². The second kappa shape index (κ2) is 10.8. The summed E-state index contributed by atoms with van der Waals surface area (Å²) in [6, 6.07) is 21.0. The van der Waals surface area contributed by atoms with Gasteiger partial charge in [-0.05, 0) is 54.1 Å². The molecule has 1 saturated heterocycles. The van der Waals surface area contributed by atoms with E-state index >= 15 is 0 Å². The number of imide groups is 1. The number of thioether (sulfide) groups is 1. The van der Waals surface area contributed by atoms with Gasteiger partial charge in [0.05, 0.1) is 21.5 Å². The van der Waals surface area contributed by atoms with Gasteiger partial charge in [0.15, 0.2) is 0 Å².